The Hall–Kier alpha value is -0.590. The van der Waals surface area contributed by atoms with Crippen molar-refractivity contribution in [3.05, 3.63) is 15.9 Å². The van der Waals surface area contributed by atoms with Gasteiger partial charge in [-0.2, -0.15) is 5.10 Å². The summed E-state index contributed by atoms with van der Waals surface area (Å²) in [6.07, 6.45) is 3.24. The summed E-state index contributed by atoms with van der Waals surface area (Å²) < 4.78 is 0.766. The van der Waals surface area contributed by atoms with Crippen LogP contribution in [0, 0.1) is 5.92 Å². The number of rotatable bonds is 4. The summed E-state index contributed by atoms with van der Waals surface area (Å²) in [7, 11) is 0. The van der Waals surface area contributed by atoms with Crippen molar-refractivity contribution in [2.24, 2.45) is 11.7 Å². The van der Waals surface area contributed by atoms with E-state index in [1.807, 2.05) is 0 Å². The number of carbonyl (C=O) groups excluding carboxylic acids is 1. The summed E-state index contributed by atoms with van der Waals surface area (Å²) in [6.45, 7) is 4.74. The van der Waals surface area contributed by atoms with Gasteiger partial charge in [0.25, 0.3) is 5.91 Å². The summed E-state index contributed by atoms with van der Waals surface area (Å²) in [4.78, 5) is 12.3. The molecule has 1 heterocycles. The van der Waals surface area contributed by atoms with Gasteiger partial charge in [-0.3, -0.25) is 9.89 Å². The Morgan fingerprint density at radius 3 is 2.80 bits per heavy atom. The van der Waals surface area contributed by atoms with E-state index in [0.717, 1.165) is 29.4 Å². The van der Waals surface area contributed by atoms with Crippen LogP contribution in [-0.4, -0.2) is 28.7 Å². The molecule has 7 heteroatoms. The molecule has 114 valence electrons. The average Bonchev–Trinajstić information content (AvgIpc) is 2.95. The number of aromatic amines is 1. The maximum atomic E-state index is 12.3. The molecule has 1 aromatic rings. The highest BCUT2D eigenvalue weighted by molar-refractivity contribution is 9.10. The Kier molecular flexibility index (Phi) is 6.48. The molecule has 4 N–H and O–H groups in total. The van der Waals surface area contributed by atoms with Gasteiger partial charge < -0.3 is 11.1 Å². The van der Waals surface area contributed by atoms with E-state index in [4.69, 9.17) is 5.73 Å². The zero-order valence-corrected chi connectivity index (χ0v) is 14.2. The predicted octanol–water partition coefficient (Wildman–Crippen LogP) is 2.57. The summed E-state index contributed by atoms with van der Waals surface area (Å²) in [5.41, 5.74) is 7.12. The van der Waals surface area contributed by atoms with Gasteiger partial charge in [0.2, 0.25) is 0 Å². The summed E-state index contributed by atoms with van der Waals surface area (Å²) in [5.74, 6) is 0.568. The van der Waals surface area contributed by atoms with Crippen molar-refractivity contribution < 1.29 is 4.79 Å². The number of hydrogen-bond donors (Lipinski definition) is 3. The minimum atomic E-state index is -0.125. The molecule has 2 unspecified atom stereocenters. The second-order valence-electron chi connectivity index (χ2n) is 5.46. The first-order valence-electron chi connectivity index (χ1n) is 6.79. The SMILES string of the molecule is CC(C)c1[nH]nc(C(=O)NC2CCCC2CN)c1Br.Cl. The molecule has 1 saturated carbocycles. The lowest BCUT2D eigenvalue weighted by Gasteiger charge is -2.18. The van der Waals surface area contributed by atoms with Crippen molar-refractivity contribution in [2.45, 2.75) is 45.1 Å². The first kappa shape index (κ1) is 17.5. The molecule has 0 radical (unpaired) electrons. The number of nitrogens with two attached hydrogens (primary N) is 1. The minimum Gasteiger partial charge on any atom is -0.348 e. The average molecular weight is 366 g/mol. The van der Waals surface area contributed by atoms with Crippen LogP contribution in [0.25, 0.3) is 0 Å². The molecule has 2 rings (SSSR count). The Morgan fingerprint density at radius 2 is 2.25 bits per heavy atom. The highest BCUT2D eigenvalue weighted by Crippen LogP contribution is 2.27. The van der Waals surface area contributed by atoms with Crippen LogP contribution in [0.5, 0.6) is 0 Å². The molecule has 1 aliphatic carbocycles. The van der Waals surface area contributed by atoms with Crippen LogP contribution in [0.1, 0.15) is 55.2 Å². The van der Waals surface area contributed by atoms with Gasteiger partial charge in [0.05, 0.1) is 10.2 Å². The van der Waals surface area contributed by atoms with E-state index in [1.54, 1.807) is 0 Å². The van der Waals surface area contributed by atoms with Gasteiger partial charge in [-0.05, 0) is 47.2 Å². The van der Waals surface area contributed by atoms with Crippen LogP contribution in [0.2, 0.25) is 0 Å². The van der Waals surface area contributed by atoms with Gasteiger partial charge in [0, 0.05) is 6.04 Å². The number of aromatic nitrogens is 2. The zero-order valence-electron chi connectivity index (χ0n) is 11.8. The van der Waals surface area contributed by atoms with E-state index in [-0.39, 0.29) is 24.4 Å². The Labute approximate surface area is 134 Å². The van der Waals surface area contributed by atoms with Crippen LogP contribution in [-0.2, 0) is 0 Å². The lowest BCUT2D eigenvalue weighted by atomic mass is 10.0. The molecule has 20 heavy (non-hydrogen) atoms. The molecule has 0 aromatic carbocycles. The van der Waals surface area contributed by atoms with E-state index in [0.29, 0.717) is 24.1 Å². The Bertz CT molecular complexity index is 463. The van der Waals surface area contributed by atoms with Crippen molar-refractivity contribution in [3.8, 4) is 0 Å². The van der Waals surface area contributed by atoms with E-state index >= 15 is 0 Å². The van der Waals surface area contributed by atoms with Gasteiger partial charge >= 0.3 is 0 Å². The highest BCUT2D eigenvalue weighted by atomic mass is 79.9. The van der Waals surface area contributed by atoms with Gasteiger partial charge in [-0.1, -0.05) is 20.3 Å². The predicted molar refractivity (Wildman–Crippen MR) is 85.3 cm³/mol. The monoisotopic (exact) mass is 364 g/mol. The van der Waals surface area contributed by atoms with Crippen LogP contribution in [0.3, 0.4) is 0 Å². The summed E-state index contributed by atoms with van der Waals surface area (Å²) in [6, 6.07) is 0.184. The van der Waals surface area contributed by atoms with Gasteiger partial charge in [0.15, 0.2) is 5.69 Å². The summed E-state index contributed by atoms with van der Waals surface area (Å²) >= 11 is 3.45. The van der Waals surface area contributed by atoms with Crippen LogP contribution in [0.15, 0.2) is 4.47 Å². The second kappa shape index (κ2) is 7.43. The van der Waals surface area contributed by atoms with E-state index < -0.39 is 0 Å². The normalized spacial score (nSPS) is 21.9. The molecule has 0 spiro atoms. The van der Waals surface area contributed by atoms with Crippen LogP contribution in [0.4, 0.5) is 0 Å². The zero-order chi connectivity index (χ0) is 14.0. The molecule has 1 amide bonds. The lowest BCUT2D eigenvalue weighted by Crippen LogP contribution is -2.40. The maximum absolute atomic E-state index is 12.3. The van der Waals surface area contributed by atoms with Crippen LogP contribution >= 0.6 is 28.3 Å². The largest absolute Gasteiger partial charge is 0.348 e. The molecular weight excluding hydrogens is 344 g/mol. The van der Waals surface area contributed by atoms with Gasteiger partial charge in [0.1, 0.15) is 0 Å². The molecule has 0 aliphatic heterocycles. The fraction of sp³-hybridized carbons (Fsp3) is 0.692. The molecule has 1 aliphatic rings. The van der Waals surface area contributed by atoms with Gasteiger partial charge in [-0.25, -0.2) is 0 Å². The highest BCUT2D eigenvalue weighted by Gasteiger charge is 2.29. The van der Waals surface area contributed by atoms with E-state index in [1.165, 1.54) is 0 Å². The Morgan fingerprint density at radius 1 is 1.55 bits per heavy atom. The number of nitrogens with zero attached hydrogens (tertiary/aromatic N) is 1. The lowest BCUT2D eigenvalue weighted by molar-refractivity contribution is 0.0923. The van der Waals surface area contributed by atoms with E-state index in [2.05, 4.69) is 45.3 Å². The van der Waals surface area contributed by atoms with Gasteiger partial charge in [-0.15, -0.1) is 12.4 Å². The van der Waals surface area contributed by atoms with Crippen LogP contribution < -0.4 is 11.1 Å². The first-order valence-corrected chi connectivity index (χ1v) is 7.58. The number of carbonyl (C=O) groups is 1. The fourth-order valence-electron chi connectivity index (χ4n) is 2.62. The molecule has 1 aromatic heterocycles. The van der Waals surface area contributed by atoms with Crippen molar-refractivity contribution in [1.82, 2.24) is 15.5 Å². The topological polar surface area (TPSA) is 83.8 Å². The second-order valence-corrected chi connectivity index (χ2v) is 6.25. The molecular formula is C13H22BrClN4O. The van der Waals surface area contributed by atoms with Crippen molar-refractivity contribution in [1.29, 1.82) is 0 Å². The van der Waals surface area contributed by atoms with Crippen molar-refractivity contribution >= 4 is 34.2 Å². The third-order valence-electron chi connectivity index (χ3n) is 3.80. The van der Waals surface area contributed by atoms with Crippen molar-refractivity contribution in [3.63, 3.8) is 0 Å². The number of hydrogen-bond acceptors (Lipinski definition) is 3. The maximum Gasteiger partial charge on any atom is 0.273 e. The molecule has 1 fully saturated rings. The molecule has 0 bridgehead atoms. The number of H-pyrrole nitrogens is 1. The smallest absolute Gasteiger partial charge is 0.273 e. The standard InChI is InChI=1S/C13H21BrN4O.ClH/c1-7(2)11-10(14)12(18-17-11)13(19)16-9-5-3-4-8(9)6-15;/h7-9H,3-6,15H2,1-2H3,(H,16,19)(H,17,18);1H. The number of nitrogens with one attached hydrogen (secondary N) is 2. The molecule has 2 atom stereocenters. The molecule has 0 saturated heterocycles. The number of halogens is 2. The summed E-state index contributed by atoms with van der Waals surface area (Å²) in [5, 5.41) is 10.1. The number of amides is 1. The van der Waals surface area contributed by atoms with E-state index in [9.17, 15) is 4.79 Å². The quantitative estimate of drug-likeness (QED) is 0.766. The first-order chi connectivity index (χ1) is 9.04. The Balaban J connectivity index is 0.00000200. The molecule has 5 nitrogen and oxygen atoms in total. The minimum absolute atomic E-state index is 0. The fourth-order valence-corrected chi connectivity index (χ4v) is 3.44. The third-order valence-corrected chi connectivity index (χ3v) is 4.61. The van der Waals surface area contributed by atoms with Crippen molar-refractivity contribution in [2.75, 3.05) is 6.54 Å². The third kappa shape index (κ3) is 3.54.